The molecule has 2 rings (SSSR count). The third kappa shape index (κ3) is 3.02. The molecule has 1 N–H and O–H groups in total. The van der Waals surface area contributed by atoms with Gasteiger partial charge in [0.05, 0.1) is 11.6 Å². The van der Waals surface area contributed by atoms with Crippen molar-refractivity contribution in [2.24, 2.45) is 11.8 Å². The number of halogens is 1. The number of nitrogens with one attached hydrogen (secondary N) is 1. The van der Waals surface area contributed by atoms with Gasteiger partial charge in [0.25, 0.3) is 0 Å². The minimum absolute atomic E-state index is 0.850. The number of rotatable bonds is 5. The number of benzene rings is 1. The van der Waals surface area contributed by atoms with Crippen LogP contribution in [0.3, 0.4) is 0 Å². The van der Waals surface area contributed by atoms with Gasteiger partial charge in [-0.15, -0.1) is 0 Å². The largest absolute Gasteiger partial charge is 0.496 e. The normalized spacial score (nSPS) is 23.2. The monoisotopic (exact) mass is 297 g/mol. The fraction of sp³-hybridized carbons (Fsp3) is 0.571. The maximum atomic E-state index is 5.25. The van der Waals surface area contributed by atoms with Crippen LogP contribution in [-0.2, 0) is 6.42 Å². The molecule has 3 heteroatoms. The van der Waals surface area contributed by atoms with Gasteiger partial charge in [-0.25, -0.2) is 0 Å². The standard InChI is InChI=1S/C14H20BrNO/c1-16-9-12-5-4-11(12)7-10-3-6-14(17-2)13(15)8-10/h3,6,8,11-12,16H,4-5,7,9H2,1-2H3. The van der Waals surface area contributed by atoms with Gasteiger partial charge in [0.2, 0.25) is 0 Å². The van der Waals surface area contributed by atoms with Crippen LogP contribution in [0, 0.1) is 11.8 Å². The lowest BCUT2D eigenvalue weighted by Crippen LogP contribution is -2.35. The molecule has 1 fully saturated rings. The second kappa shape index (κ2) is 5.87. The smallest absolute Gasteiger partial charge is 0.133 e. The molecule has 0 aromatic heterocycles. The molecule has 94 valence electrons. The Labute approximate surface area is 112 Å². The van der Waals surface area contributed by atoms with Gasteiger partial charge in [0, 0.05) is 0 Å². The van der Waals surface area contributed by atoms with E-state index in [4.69, 9.17) is 4.74 Å². The molecule has 0 saturated heterocycles. The second-order valence-corrected chi connectivity index (χ2v) is 5.68. The molecule has 1 aliphatic carbocycles. The summed E-state index contributed by atoms with van der Waals surface area (Å²) in [5.74, 6) is 2.62. The third-order valence-corrected chi connectivity index (χ3v) is 4.38. The maximum Gasteiger partial charge on any atom is 0.133 e. The molecule has 0 amide bonds. The Kier molecular flexibility index (Phi) is 4.46. The van der Waals surface area contributed by atoms with E-state index in [0.29, 0.717) is 0 Å². The zero-order chi connectivity index (χ0) is 12.3. The van der Waals surface area contributed by atoms with Crippen LogP contribution in [-0.4, -0.2) is 20.7 Å². The number of hydrogen-bond donors (Lipinski definition) is 1. The van der Waals surface area contributed by atoms with E-state index in [1.54, 1.807) is 7.11 Å². The Morgan fingerprint density at radius 1 is 1.35 bits per heavy atom. The van der Waals surface area contributed by atoms with Crippen molar-refractivity contribution >= 4 is 15.9 Å². The van der Waals surface area contributed by atoms with Crippen LogP contribution in [0.2, 0.25) is 0 Å². The van der Waals surface area contributed by atoms with Gasteiger partial charge in [0.1, 0.15) is 5.75 Å². The summed E-state index contributed by atoms with van der Waals surface area (Å²) in [5.41, 5.74) is 1.41. The first-order valence-electron chi connectivity index (χ1n) is 6.21. The maximum absolute atomic E-state index is 5.25. The van der Waals surface area contributed by atoms with Crippen molar-refractivity contribution in [3.05, 3.63) is 28.2 Å². The molecule has 0 radical (unpaired) electrons. The predicted molar refractivity (Wildman–Crippen MR) is 74.5 cm³/mol. The molecular formula is C14H20BrNO. The molecule has 2 atom stereocenters. The molecule has 17 heavy (non-hydrogen) atoms. The minimum atomic E-state index is 0.850. The minimum Gasteiger partial charge on any atom is -0.496 e. The van der Waals surface area contributed by atoms with Crippen LogP contribution >= 0.6 is 15.9 Å². The van der Waals surface area contributed by atoms with Crippen LogP contribution in [0.1, 0.15) is 18.4 Å². The quantitative estimate of drug-likeness (QED) is 0.901. The van der Waals surface area contributed by atoms with E-state index in [0.717, 1.165) is 28.6 Å². The van der Waals surface area contributed by atoms with Crippen molar-refractivity contribution in [3.8, 4) is 5.75 Å². The predicted octanol–water partition coefficient (Wildman–Crippen LogP) is 3.25. The first-order valence-corrected chi connectivity index (χ1v) is 7.01. The molecular weight excluding hydrogens is 278 g/mol. The van der Waals surface area contributed by atoms with Crippen molar-refractivity contribution < 1.29 is 4.74 Å². The average Bonchev–Trinajstić information content (AvgIpc) is 2.32. The van der Waals surface area contributed by atoms with E-state index in [9.17, 15) is 0 Å². The van der Waals surface area contributed by atoms with E-state index >= 15 is 0 Å². The highest BCUT2D eigenvalue weighted by molar-refractivity contribution is 9.10. The zero-order valence-corrected chi connectivity index (χ0v) is 12.1. The summed E-state index contributed by atoms with van der Waals surface area (Å²) in [7, 11) is 3.74. The zero-order valence-electron chi connectivity index (χ0n) is 10.5. The molecule has 1 aromatic rings. The first-order chi connectivity index (χ1) is 8.24. The Hall–Kier alpha value is -0.540. The second-order valence-electron chi connectivity index (χ2n) is 4.83. The highest BCUT2D eigenvalue weighted by atomic mass is 79.9. The summed E-state index contributed by atoms with van der Waals surface area (Å²) in [6.45, 7) is 1.15. The highest BCUT2D eigenvalue weighted by Gasteiger charge is 2.29. The first kappa shape index (κ1) is 12.9. The van der Waals surface area contributed by atoms with E-state index in [-0.39, 0.29) is 0 Å². The fourth-order valence-corrected chi connectivity index (χ4v) is 3.17. The Balaban J connectivity index is 1.97. The summed E-state index contributed by atoms with van der Waals surface area (Å²) in [5, 5.41) is 3.29. The molecule has 0 bridgehead atoms. The van der Waals surface area contributed by atoms with Gasteiger partial charge in [-0.2, -0.15) is 0 Å². The molecule has 0 aliphatic heterocycles. The molecule has 1 aromatic carbocycles. The van der Waals surface area contributed by atoms with Crippen LogP contribution in [0.25, 0.3) is 0 Å². The summed E-state index contributed by atoms with van der Waals surface area (Å²) < 4.78 is 6.31. The molecule has 2 nitrogen and oxygen atoms in total. The Bertz CT molecular complexity index is 380. The summed E-state index contributed by atoms with van der Waals surface area (Å²) in [4.78, 5) is 0. The summed E-state index contributed by atoms with van der Waals surface area (Å²) >= 11 is 3.55. The SMILES string of the molecule is CNCC1CCC1Cc1ccc(OC)c(Br)c1. The Morgan fingerprint density at radius 2 is 2.12 bits per heavy atom. The number of methoxy groups -OCH3 is 1. The summed E-state index contributed by atoms with van der Waals surface area (Å²) in [6, 6.07) is 6.41. The van der Waals surface area contributed by atoms with Crippen LogP contribution < -0.4 is 10.1 Å². The average molecular weight is 298 g/mol. The van der Waals surface area contributed by atoms with Crippen LogP contribution in [0.4, 0.5) is 0 Å². The van der Waals surface area contributed by atoms with Crippen molar-refractivity contribution in [2.75, 3.05) is 20.7 Å². The molecule has 2 unspecified atom stereocenters. The molecule has 0 spiro atoms. The third-order valence-electron chi connectivity index (χ3n) is 3.76. The van der Waals surface area contributed by atoms with Gasteiger partial charge in [-0.05, 0) is 78.3 Å². The number of hydrogen-bond acceptors (Lipinski definition) is 2. The van der Waals surface area contributed by atoms with Gasteiger partial charge in [0.15, 0.2) is 0 Å². The van der Waals surface area contributed by atoms with Gasteiger partial charge < -0.3 is 10.1 Å². The molecule has 1 aliphatic rings. The lowest BCUT2D eigenvalue weighted by atomic mass is 9.71. The van der Waals surface area contributed by atoms with E-state index in [1.165, 1.54) is 24.8 Å². The molecule has 1 saturated carbocycles. The Morgan fingerprint density at radius 3 is 2.65 bits per heavy atom. The highest BCUT2D eigenvalue weighted by Crippen LogP contribution is 2.37. The number of ether oxygens (including phenoxy) is 1. The lowest BCUT2D eigenvalue weighted by molar-refractivity contribution is 0.174. The van der Waals surface area contributed by atoms with Gasteiger partial charge >= 0.3 is 0 Å². The lowest BCUT2D eigenvalue weighted by Gasteiger charge is -2.36. The summed E-state index contributed by atoms with van der Waals surface area (Å²) in [6.07, 6.45) is 3.94. The van der Waals surface area contributed by atoms with E-state index in [1.807, 2.05) is 13.1 Å². The van der Waals surface area contributed by atoms with Crippen molar-refractivity contribution in [3.63, 3.8) is 0 Å². The van der Waals surface area contributed by atoms with Crippen LogP contribution in [0.5, 0.6) is 5.75 Å². The van der Waals surface area contributed by atoms with E-state index in [2.05, 4.69) is 33.4 Å². The molecule has 0 heterocycles. The fourth-order valence-electron chi connectivity index (χ4n) is 2.58. The van der Waals surface area contributed by atoms with Crippen molar-refractivity contribution in [2.45, 2.75) is 19.3 Å². The topological polar surface area (TPSA) is 21.3 Å². The van der Waals surface area contributed by atoms with Crippen molar-refractivity contribution in [1.29, 1.82) is 0 Å². The van der Waals surface area contributed by atoms with Crippen molar-refractivity contribution in [1.82, 2.24) is 5.32 Å². The van der Waals surface area contributed by atoms with Gasteiger partial charge in [-0.1, -0.05) is 6.07 Å². The van der Waals surface area contributed by atoms with E-state index < -0.39 is 0 Å². The van der Waals surface area contributed by atoms with Crippen LogP contribution in [0.15, 0.2) is 22.7 Å². The van der Waals surface area contributed by atoms with Gasteiger partial charge in [-0.3, -0.25) is 0 Å².